The molecule has 0 radical (unpaired) electrons. The van der Waals surface area contributed by atoms with E-state index in [2.05, 4.69) is 58.4 Å². The maximum atomic E-state index is 5.46. The summed E-state index contributed by atoms with van der Waals surface area (Å²) in [6.45, 7) is 5.17. The smallest absolute Gasteiger partial charge is 0.161 e. The summed E-state index contributed by atoms with van der Waals surface area (Å²) in [6, 6.07) is 14.8. The third-order valence-electron chi connectivity index (χ3n) is 5.77. The average Bonchev–Trinajstić information content (AvgIpc) is 3.24. The molecule has 0 saturated carbocycles. The number of nitrogens with one attached hydrogen (secondary N) is 1. The van der Waals surface area contributed by atoms with Crippen LogP contribution in [0.4, 0.5) is 0 Å². The first-order valence-corrected chi connectivity index (χ1v) is 10.2. The fourth-order valence-corrected chi connectivity index (χ4v) is 4.32. The standard InChI is InChI=1S/C24H29N3O2/c1-17-6-4-7-19(12-17)21-14-25-26-24(21)20-8-5-11-27(16-20)15-18-9-10-22(28-2)23(13-18)29-3/h4,6-7,9-10,12-14,20H,5,8,11,15-16H2,1-3H3,(H,25,26)/t20-/m1/s1. The highest BCUT2D eigenvalue weighted by molar-refractivity contribution is 5.66. The van der Waals surface area contributed by atoms with Crippen LogP contribution in [0.1, 0.15) is 35.6 Å². The molecule has 1 fully saturated rings. The average molecular weight is 392 g/mol. The Bertz CT molecular complexity index is 966. The van der Waals surface area contributed by atoms with Gasteiger partial charge in [0.15, 0.2) is 11.5 Å². The van der Waals surface area contributed by atoms with Crippen LogP contribution < -0.4 is 9.47 Å². The number of aryl methyl sites for hydroxylation is 1. The van der Waals surface area contributed by atoms with Crippen LogP contribution in [-0.4, -0.2) is 42.4 Å². The first-order valence-electron chi connectivity index (χ1n) is 10.2. The Labute approximate surface area is 172 Å². The first kappa shape index (κ1) is 19.5. The Hall–Kier alpha value is -2.79. The summed E-state index contributed by atoms with van der Waals surface area (Å²) in [5, 5.41) is 7.68. The second-order valence-corrected chi connectivity index (χ2v) is 7.83. The monoisotopic (exact) mass is 391 g/mol. The van der Waals surface area contributed by atoms with Gasteiger partial charge >= 0.3 is 0 Å². The van der Waals surface area contributed by atoms with E-state index in [0.29, 0.717) is 5.92 Å². The molecule has 1 N–H and O–H groups in total. The van der Waals surface area contributed by atoms with Gasteiger partial charge in [-0.1, -0.05) is 35.9 Å². The lowest BCUT2D eigenvalue weighted by atomic mass is 9.90. The summed E-state index contributed by atoms with van der Waals surface area (Å²) >= 11 is 0. The maximum absolute atomic E-state index is 5.46. The minimum absolute atomic E-state index is 0.460. The van der Waals surface area contributed by atoms with Crippen molar-refractivity contribution >= 4 is 0 Å². The molecular weight excluding hydrogens is 362 g/mol. The van der Waals surface area contributed by atoms with Crippen molar-refractivity contribution in [1.29, 1.82) is 0 Å². The van der Waals surface area contributed by atoms with Crippen LogP contribution in [0.25, 0.3) is 11.1 Å². The molecule has 0 amide bonds. The largest absolute Gasteiger partial charge is 0.493 e. The summed E-state index contributed by atoms with van der Waals surface area (Å²) in [4.78, 5) is 2.52. The topological polar surface area (TPSA) is 50.4 Å². The number of methoxy groups -OCH3 is 2. The van der Waals surface area contributed by atoms with Crippen LogP contribution in [0.3, 0.4) is 0 Å². The number of H-pyrrole nitrogens is 1. The molecule has 0 unspecified atom stereocenters. The van der Waals surface area contributed by atoms with Gasteiger partial charge in [-0.3, -0.25) is 10.00 Å². The van der Waals surface area contributed by atoms with Gasteiger partial charge in [0.2, 0.25) is 0 Å². The molecule has 4 rings (SSSR count). The second-order valence-electron chi connectivity index (χ2n) is 7.83. The molecule has 29 heavy (non-hydrogen) atoms. The van der Waals surface area contributed by atoms with E-state index in [9.17, 15) is 0 Å². The SMILES string of the molecule is COc1ccc(CN2CCC[C@@H](c3[nH]ncc3-c3cccc(C)c3)C2)cc1OC. The molecule has 152 valence electrons. The van der Waals surface area contributed by atoms with Crippen molar-refractivity contribution in [3.8, 4) is 22.6 Å². The number of aromatic amines is 1. The lowest BCUT2D eigenvalue weighted by Gasteiger charge is -2.32. The van der Waals surface area contributed by atoms with Crippen molar-refractivity contribution in [1.82, 2.24) is 15.1 Å². The molecule has 1 atom stereocenters. The van der Waals surface area contributed by atoms with Gasteiger partial charge in [0.1, 0.15) is 0 Å². The van der Waals surface area contributed by atoms with Gasteiger partial charge in [0.05, 0.1) is 20.4 Å². The quantitative estimate of drug-likeness (QED) is 0.657. The van der Waals surface area contributed by atoms with Crippen LogP contribution in [-0.2, 0) is 6.54 Å². The minimum atomic E-state index is 0.460. The summed E-state index contributed by atoms with van der Waals surface area (Å²) in [5.74, 6) is 2.02. The van der Waals surface area contributed by atoms with Gasteiger partial charge in [-0.25, -0.2) is 0 Å². The lowest BCUT2D eigenvalue weighted by molar-refractivity contribution is 0.198. The Morgan fingerprint density at radius 2 is 1.97 bits per heavy atom. The van der Waals surface area contributed by atoms with Crippen molar-refractivity contribution in [2.24, 2.45) is 0 Å². The number of likely N-dealkylation sites (tertiary alicyclic amines) is 1. The summed E-state index contributed by atoms with van der Waals surface area (Å²) in [5.41, 5.74) is 6.24. The van der Waals surface area contributed by atoms with Crippen LogP contribution in [0.5, 0.6) is 11.5 Å². The molecular formula is C24H29N3O2. The molecule has 1 aliphatic heterocycles. The maximum Gasteiger partial charge on any atom is 0.161 e. The van der Waals surface area contributed by atoms with Gasteiger partial charge < -0.3 is 9.47 Å². The molecule has 2 aromatic carbocycles. The molecule has 1 aromatic heterocycles. The van der Waals surface area contributed by atoms with Crippen molar-refractivity contribution in [3.63, 3.8) is 0 Å². The van der Waals surface area contributed by atoms with E-state index in [1.54, 1.807) is 14.2 Å². The Balaban J connectivity index is 1.51. The molecule has 0 bridgehead atoms. The number of hydrogen-bond donors (Lipinski definition) is 1. The fourth-order valence-electron chi connectivity index (χ4n) is 4.32. The molecule has 5 nitrogen and oxygen atoms in total. The molecule has 1 saturated heterocycles. The van der Waals surface area contributed by atoms with Crippen molar-refractivity contribution in [2.75, 3.05) is 27.3 Å². The molecule has 0 aliphatic carbocycles. The predicted molar refractivity (Wildman–Crippen MR) is 116 cm³/mol. The zero-order valence-corrected chi connectivity index (χ0v) is 17.4. The van der Waals surface area contributed by atoms with Crippen molar-refractivity contribution in [2.45, 2.75) is 32.2 Å². The third kappa shape index (κ3) is 4.30. The van der Waals surface area contributed by atoms with Gasteiger partial charge in [0, 0.05) is 30.3 Å². The Morgan fingerprint density at radius 1 is 1.10 bits per heavy atom. The second kappa shape index (κ2) is 8.70. The van der Waals surface area contributed by atoms with Crippen LogP contribution in [0.2, 0.25) is 0 Å². The normalized spacial score (nSPS) is 17.3. The van der Waals surface area contributed by atoms with E-state index in [1.165, 1.54) is 40.8 Å². The minimum Gasteiger partial charge on any atom is -0.493 e. The number of piperidine rings is 1. The number of ether oxygens (including phenoxy) is 2. The van der Waals surface area contributed by atoms with E-state index < -0.39 is 0 Å². The third-order valence-corrected chi connectivity index (χ3v) is 5.77. The van der Waals surface area contributed by atoms with E-state index in [-0.39, 0.29) is 0 Å². The summed E-state index contributed by atoms with van der Waals surface area (Å²) in [6.07, 6.45) is 4.34. The molecule has 1 aliphatic rings. The summed E-state index contributed by atoms with van der Waals surface area (Å²) in [7, 11) is 3.35. The molecule has 2 heterocycles. The summed E-state index contributed by atoms with van der Waals surface area (Å²) < 4.78 is 10.8. The van der Waals surface area contributed by atoms with Crippen molar-refractivity contribution in [3.05, 3.63) is 65.5 Å². The highest BCUT2D eigenvalue weighted by Gasteiger charge is 2.25. The number of benzene rings is 2. The predicted octanol–water partition coefficient (Wildman–Crippen LogP) is 4.78. The van der Waals surface area contributed by atoms with E-state index in [4.69, 9.17) is 9.47 Å². The van der Waals surface area contributed by atoms with Gasteiger partial charge in [-0.15, -0.1) is 0 Å². The van der Waals surface area contributed by atoms with E-state index in [1.807, 2.05) is 12.3 Å². The molecule has 5 heteroatoms. The first-order chi connectivity index (χ1) is 14.2. The van der Waals surface area contributed by atoms with E-state index >= 15 is 0 Å². The van der Waals surface area contributed by atoms with Crippen LogP contribution in [0, 0.1) is 6.92 Å². The number of hydrogen-bond acceptors (Lipinski definition) is 4. The highest BCUT2D eigenvalue weighted by Crippen LogP contribution is 2.34. The Morgan fingerprint density at radius 3 is 2.76 bits per heavy atom. The zero-order valence-electron chi connectivity index (χ0n) is 17.4. The lowest BCUT2D eigenvalue weighted by Crippen LogP contribution is -2.34. The molecule has 3 aromatic rings. The number of nitrogens with zero attached hydrogens (tertiary/aromatic N) is 2. The molecule has 0 spiro atoms. The van der Waals surface area contributed by atoms with Crippen molar-refractivity contribution < 1.29 is 9.47 Å². The van der Waals surface area contributed by atoms with Gasteiger partial charge in [0.25, 0.3) is 0 Å². The van der Waals surface area contributed by atoms with E-state index in [0.717, 1.165) is 31.1 Å². The van der Waals surface area contributed by atoms with Gasteiger partial charge in [-0.2, -0.15) is 5.10 Å². The van der Waals surface area contributed by atoms with Crippen LogP contribution >= 0.6 is 0 Å². The highest BCUT2D eigenvalue weighted by atomic mass is 16.5. The van der Waals surface area contributed by atoms with Gasteiger partial charge in [-0.05, 0) is 49.6 Å². The van der Waals surface area contributed by atoms with Crippen LogP contribution in [0.15, 0.2) is 48.7 Å². The number of rotatable bonds is 6. The zero-order chi connectivity index (χ0) is 20.2. The Kier molecular flexibility index (Phi) is 5.86. The number of aromatic nitrogens is 2. The fraction of sp³-hybridized carbons (Fsp3) is 0.375.